The van der Waals surface area contributed by atoms with Gasteiger partial charge < -0.3 is 4.74 Å². The van der Waals surface area contributed by atoms with E-state index in [1.54, 1.807) is 20.8 Å². The van der Waals surface area contributed by atoms with Gasteiger partial charge in [0.1, 0.15) is 5.60 Å². The fraction of sp³-hybridized carbons (Fsp3) is 0.857. The maximum Gasteiger partial charge on any atom is 0.310 e. The number of hydrogen-bond acceptors (Lipinski definition) is 2. The van der Waals surface area contributed by atoms with E-state index >= 15 is 0 Å². The van der Waals surface area contributed by atoms with Crippen molar-refractivity contribution in [1.82, 2.24) is 0 Å². The molecule has 0 aliphatic heterocycles. The van der Waals surface area contributed by atoms with E-state index in [4.69, 9.17) is 39.5 Å². The van der Waals surface area contributed by atoms with E-state index < -0.39 is 15.4 Å². The summed E-state index contributed by atoms with van der Waals surface area (Å²) in [5.74, 6) is -0.512. The smallest absolute Gasteiger partial charge is 0.310 e. The minimum absolute atomic E-state index is 0.227. The summed E-state index contributed by atoms with van der Waals surface area (Å²) in [6, 6.07) is 0. The first kappa shape index (κ1) is 12.3. The zero-order chi connectivity index (χ0) is 9.99. The molecule has 0 aliphatic rings. The Hall–Kier alpha value is 0.340. The summed E-state index contributed by atoms with van der Waals surface area (Å²) in [5.41, 5.74) is -0.535. The van der Waals surface area contributed by atoms with Gasteiger partial charge in [-0.05, 0) is 20.8 Å². The molecular formula is C7H11Cl3O2. The molecule has 0 fully saturated rings. The van der Waals surface area contributed by atoms with Crippen LogP contribution in [0.25, 0.3) is 0 Å². The standard InChI is InChI=1S/C7H11Cl3O2/c1-6(2,3)12-5(11)4-7(8,9)10/h4H2,1-3H3. The molecule has 0 spiro atoms. The normalized spacial score (nSPS) is 12.8. The summed E-state index contributed by atoms with van der Waals surface area (Å²) in [6.07, 6.45) is -0.227. The van der Waals surface area contributed by atoms with Crippen molar-refractivity contribution >= 4 is 40.8 Å². The lowest BCUT2D eigenvalue weighted by atomic mass is 10.2. The van der Waals surface area contributed by atoms with E-state index in [0.717, 1.165) is 0 Å². The van der Waals surface area contributed by atoms with Gasteiger partial charge in [0.05, 0.1) is 6.42 Å². The second-order valence-electron chi connectivity index (χ2n) is 3.38. The number of alkyl halides is 3. The second-order valence-corrected chi connectivity index (χ2v) is 5.89. The van der Waals surface area contributed by atoms with Crippen LogP contribution in [0.5, 0.6) is 0 Å². The first-order chi connectivity index (χ1) is 5.10. The van der Waals surface area contributed by atoms with Gasteiger partial charge in [-0.2, -0.15) is 0 Å². The molecule has 0 aromatic carbocycles. The lowest BCUT2D eigenvalue weighted by molar-refractivity contribution is -0.154. The van der Waals surface area contributed by atoms with Crippen molar-refractivity contribution in [2.75, 3.05) is 0 Å². The first-order valence-corrected chi connectivity index (χ1v) is 4.52. The number of ether oxygens (including phenoxy) is 1. The monoisotopic (exact) mass is 232 g/mol. The molecule has 0 saturated heterocycles. The van der Waals surface area contributed by atoms with Gasteiger partial charge in [-0.3, -0.25) is 4.79 Å². The third-order valence-electron chi connectivity index (χ3n) is 0.765. The van der Waals surface area contributed by atoms with E-state index in [1.807, 2.05) is 0 Å². The van der Waals surface area contributed by atoms with Gasteiger partial charge in [-0.25, -0.2) is 0 Å². The van der Waals surface area contributed by atoms with Crippen molar-refractivity contribution in [3.8, 4) is 0 Å². The molecule has 0 rings (SSSR count). The van der Waals surface area contributed by atoms with Crippen LogP contribution >= 0.6 is 34.8 Å². The SMILES string of the molecule is CC(C)(C)OC(=O)CC(Cl)(Cl)Cl. The van der Waals surface area contributed by atoms with E-state index in [9.17, 15) is 4.79 Å². The molecule has 0 aromatic heterocycles. The third kappa shape index (κ3) is 8.44. The molecule has 12 heavy (non-hydrogen) atoms. The molecule has 0 bridgehead atoms. The number of rotatable bonds is 1. The van der Waals surface area contributed by atoms with Gasteiger partial charge in [0, 0.05) is 0 Å². The van der Waals surface area contributed by atoms with E-state index in [-0.39, 0.29) is 6.42 Å². The quantitative estimate of drug-likeness (QED) is 0.514. The van der Waals surface area contributed by atoms with Gasteiger partial charge in [-0.15, -0.1) is 0 Å². The Morgan fingerprint density at radius 1 is 1.25 bits per heavy atom. The molecule has 0 unspecified atom stereocenters. The predicted octanol–water partition coefficient (Wildman–Crippen LogP) is 3.09. The van der Waals surface area contributed by atoms with E-state index in [1.165, 1.54) is 0 Å². The molecule has 0 radical (unpaired) electrons. The van der Waals surface area contributed by atoms with Crippen molar-refractivity contribution in [2.45, 2.75) is 36.6 Å². The first-order valence-electron chi connectivity index (χ1n) is 3.39. The molecule has 0 N–H and O–H groups in total. The Bertz CT molecular complexity index is 148. The molecule has 2 nitrogen and oxygen atoms in total. The lowest BCUT2D eigenvalue weighted by Crippen LogP contribution is -2.26. The van der Waals surface area contributed by atoms with Crippen LogP contribution in [0.15, 0.2) is 0 Å². The van der Waals surface area contributed by atoms with Crippen molar-refractivity contribution in [3.63, 3.8) is 0 Å². The highest BCUT2D eigenvalue weighted by Gasteiger charge is 2.27. The Kier molecular flexibility index (Phi) is 4.15. The molecule has 0 heterocycles. The highest BCUT2D eigenvalue weighted by Crippen LogP contribution is 2.30. The van der Waals surface area contributed by atoms with Gasteiger partial charge in [0.2, 0.25) is 3.79 Å². The van der Waals surface area contributed by atoms with Crippen molar-refractivity contribution in [2.24, 2.45) is 0 Å². The molecule has 0 amide bonds. The fourth-order valence-corrected chi connectivity index (χ4v) is 0.869. The summed E-state index contributed by atoms with van der Waals surface area (Å²) in [7, 11) is 0. The van der Waals surface area contributed by atoms with Crippen molar-refractivity contribution in [3.05, 3.63) is 0 Å². The molecular weight excluding hydrogens is 222 g/mol. The zero-order valence-electron chi connectivity index (χ0n) is 7.16. The summed E-state index contributed by atoms with van der Waals surface area (Å²) in [6.45, 7) is 5.26. The van der Waals surface area contributed by atoms with Crippen LogP contribution in [0, 0.1) is 0 Å². The number of carbonyl (C=O) groups is 1. The Morgan fingerprint density at radius 2 is 1.67 bits per heavy atom. The third-order valence-corrected chi connectivity index (χ3v) is 1.17. The predicted molar refractivity (Wildman–Crippen MR) is 50.8 cm³/mol. The van der Waals surface area contributed by atoms with Gasteiger partial charge in [-0.1, -0.05) is 34.8 Å². The maximum atomic E-state index is 11.0. The van der Waals surface area contributed by atoms with Crippen LogP contribution in [-0.2, 0) is 9.53 Å². The van der Waals surface area contributed by atoms with Crippen LogP contribution in [-0.4, -0.2) is 15.4 Å². The maximum absolute atomic E-state index is 11.0. The van der Waals surface area contributed by atoms with Crippen LogP contribution in [0.4, 0.5) is 0 Å². The molecule has 72 valence electrons. The largest absolute Gasteiger partial charge is 0.460 e. The number of carbonyl (C=O) groups excluding carboxylic acids is 1. The average Bonchev–Trinajstić information content (AvgIpc) is 1.49. The Morgan fingerprint density at radius 3 is 1.92 bits per heavy atom. The fourth-order valence-electron chi connectivity index (χ4n) is 0.541. The van der Waals surface area contributed by atoms with Crippen LogP contribution in [0.1, 0.15) is 27.2 Å². The van der Waals surface area contributed by atoms with Gasteiger partial charge >= 0.3 is 5.97 Å². The van der Waals surface area contributed by atoms with E-state index in [0.29, 0.717) is 0 Å². The van der Waals surface area contributed by atoms with Crippen LogP contribution < -0.4 is 0 Å². The lowest BCUT2D eigenvalue weighted by Gasteiger charge is -2.20. The summed E-state index contributed by atoms with van der Waals surface area (Å²) >= 11 is 16.2. The van der Waals surface area contributed by atoms with Gasteiger partial charge in [0.25, 0.3) is 0 Å². The molecule has 0 saturated carbocycles. The minimum atomic E-state index is -1.57. The second kappa shape index (κ2) is 4.03. The van der Waals surface area contributed by atoms with Gasteiger partial charge in [0.15, 0.2) is 0 Å². The number of halogens is 3. The zero-order valence-corrected chi connectivity index (χ0v) is 9.43. The topological polar surface area (TPSA) is 26.3 Å². The molecule has 0 atom stereocenters. The molecule has 5 heteroatoms. The van der Waals surface area contributed by atoms with Crippen LogP contribution in [0.2, 0.25) is 0 Å². The minimum Gasteiger partial charge on any atom is -0.460 e. The highest BCUT2D eigenvalue weighted by molar-refractivity contribution is 6.68. The number of esters is 1. The Labute approximate surface area is 87.1 Å². The van der Waals surface area contributed by atoms with Crippen molar-refractivity contribution < 1.29 is 9.53 Å². The highest BCUT2D eigenvalue weighted by atomic mass is 35.6. The van der Waals surface area contributed by atoms with Crippen molar-refractivity contribution in [1.29, 1.82) is 0 Å². The Balaban J connectivity index is 3.92. The molecule has 0 aromatic rings. The summed E-state index contributed by atoms with van der Waals surface area (Å²) in [4.78, 5) is 11.0. The summed E-state index contributed by atoms with van der Waals surface area (Å²) in [5, 5.41) is 0. The average molecular weight is 234 g/mol. The summed E-state index contributed by atoms with van der Waals surface area (Å²) < 4.78 is 3.35. The van der Waals surface area contributed by atoms with Crippen LogP contribution in [0.3, 0.4) is 0 Å². The van der Waals surface area contributed by atoms with E-state index in [2.05, 4.69) is 0 Å². The molecule has 0 aliphatic carbocycles. The number of hydrogen-bond donors (Lipinski definition) is 0.